The molecule has 0 aliphatic carbocycles. The Morgan fingerprint density at radius 2 is 1.28 bits per heavy atom. The fourth-order valence-electron chi connectivity index (χ4n) is 3.31. The number of likely N-dealkylation sites (tertiary alicyclic amines) is 2. The van der Waals surface area contributed by atoms with E-state index in [2.05, 4.69) is 42.7 Å². The Hall–Kier alpha value is -0.380. The Morgan fingerprint density at radius 1 is 0.920 bits per heavy atom. The largest absolute Gasteiger partial charge is 0.319 e. The summed E-state index contributed by atoms with van der Waals surface area (Å²) in [6, 6.07) is 0. The van der Waals surface area contributed by atoms with E-state index in [0.29, 0.717) is 0 Å². The molecule has 2 rings (SSSR count). The van der Waals surface area contributed by atoms with Gasteiger partial charge in [0, 0.05) is 0 Å². The minimum atomic E-state index is 0.932. The summed E-state index contributed by atoms with van der Waals surface area (Å²) >= 11 is 0. The van der Waals surface area contributed by atoms with Crippen molar-refractivity contribution in [2.45, 2.75) is 66.2 Å². The van der Waals surface area contributed by atoms with Crippen LogP contribution < -0.4 is 5.32 Å². The monoisotopic (exact) mass is 355 g/mol. The predicted octanol–water partition coefficient (Wildman–Crippen LogP) is 4.89. The summed E-state index contributed by atoms with van der Waals surface area (Å²) in [5.41, 5.74) is 0. The molecule has 2 aliphatic heterocycles. The van der Waals surface area contributed by atoms with Gasteiger partial charge in [-0.1, -0.05) is 39.7 Å². The second-order valence-corrected chi connectivity index (χ2v) is 7.25. The van der Waals surface area contributed by atoms with E-state index in [0.717, 1.165) is 11.8 Å². The lowest BCUT2D eigenvalue weighted by molar-refractivity contribution is 0.211. The van der Waals surface area contributed by atoms with Gasteiger partial charge in [-0.15, -0.1) is 6.58 Å². The van der Waals surface area contributed by atoms with Gasteiger partial charge in [-0.2, -0.15) is 0 Å². The van der Waals surface area contributed by atoms with E-state index in [1.54, 1.807) is 6.08 Å². The maximum absolute atomic E-state index is 3.36. The van der Waals surface area contributed by atoms with Gasteiger partial charge in [0.15, 0.2) is 0 Å². The van der Waals surface area contributed by atoms with Crippen LogP contribution >= 0.6 is 0 Å². The third kappa shape index (κ3) is 16.8. The zero-order valence-electron chi connectivity index (χ0n) is 18.6. The summed E-state index contributed by atoms with van der Waals surface area (Å²) in [6.07, 6.45) is 10.2. The molecule has 0 atom stereocenters. The maximum atomic E-state index is 3.36. The summed E-state index contributed by atoms with van der Waals surface area (Å²) in [4.78, 5) is 4.85. The molecule has 3 heteroatoms. The molecule has 0 aromatic heterocycles. The molecule has 152 valence electrons. The highest BCUT2D eigenvalue weighted by Gasteiger charge is 2.15. The van der Waals surface area contributed by atoms with E-state index in [4.69, 9.17) is 0 Å². The number of nitrogens with zero attached hydrogens (tertiary/aromatic N) is 2. The highest BCUT2D eigenvalue weighted by molar-refractivity contribution is 4.70. The van der Waals surface area contributed by atoms with Crippen LogP contribution in [0.4, 0.5) is 0 Å². The number of rotatable bonds is 4. The lowest BCUT2D eigenvalue weighted by Crippen LogP contribution is -2.34. The second kappa shape index (κ2) is 19.9. The van der Waals surface area contributed by atoms with Crippen molar-refractivity contribution in [1.82, 2.24) is 15.1 Å². The molecule has 0 radical (unpaired) electrons. The van der Waals surface area contributed by atoms with E-state index in [-0.39, 0.29) is 0 Å². The van der Waals surface area contributed by atoms with Crippen molar-refractivity contribution in [2.24, 2.45) is 11.8 Å². The molecule has 0 saturated carbocycles. The summed E-state index contributed by atoms with van der Waals surface area (Å²) in [6.45, 7) is 18.0. The van der Waals surface area contributed by atoms with Gasteiger partial charge in [0.25, 0.3) is 0 Å². The van der Waals surface area contributed by atoms with Crippen LogP contribution in [0.3, 0.4) is 0 Å². The van der Waals surface area contributed by atoms with Crippen molar-refractivity contribution >= 4 is 0 Å². The first-order valence-corrected chi connectivity index (χ1v) is 10.7. The highest BCUT2D eigenvalue weighted by Crippen LogP contribution is 2.20. The Balaban J connectivity index is 0. The maximum Gasteiger partial charge on any atom is -0.00187 e. The molecular weight excluding hydrogens is 306 g/mol. The van der Waals surface area contributed by atoms with Crippen LogP contribution in [-0.2, 0) is 0 Å². The topological polar surface area (TPSA) is 18.5 Å². The van der Waals surface area contributed by atoms with Gasteiger partial charge < -0.3 is 15.1 Å². The van der Waals surface area contributed by atoms with Gasteiger partial charge in [0.05, 0.1) is 0 Å². The molecule has 0 amide bonds. The number of allylic oxidation sites excluding steroid dienone is 1. The van der Waals surface area contributed by atoms with E-state index < -0.39 is 0 Å². The third-order valence-electron chi connectivity index (χ3n) is 4.87. The van der Waals surface area contributed by atoms with Gasteiger partial charge in [-0.05, 0) is 98.3 Å². The van der Waals surface area contributed by atoms with Crippen LogP contribution in [0.15, 0.2) is 12.7 Å². The summed E-state index contributed by atoms with van der Waals surface area (Å²) in [5, 5.41) is 3.23. The Labute approximate surface area is 160 Å². The number of nitrogens with one attached hydrogen (secondary N) is 1. The molecule has 2 fully saturated rings. The van der Waals surface area contributed by atoms with Gasteiger partial charge in [0.1, 0.15) is 0 Å². The fraction of sp³-hybridized carbons (Fsp3) is 0.909. The van der Waals surface area contributed by atoms with E-state index in [1.807, 2.05) is 27.8 Å². The van der Waals surface area contributed by atoms with E-state index >= 15 is 0 Å². The molecule has 3 nitrogen and oxygen atoms in total. The Morgan fingerprint density at radius 3 is 1.60 bits per heavy atom. The Bertz CT molecular complexity index is 228. The van der Waals surface area contributed by atoms with Crippen molar-refractivity contribution in [3.8, 4) is 0 Å². The lowest BCUT2D eigenvalue weighted by Gasteiger charge is -2.28. The number of hydrogen-bond acceptors (Lipinski definition) is 3. The first-order valence-electron chi connectivity index (χ1n) is 10.7. The second-order valence-electron chi connectivity index (χ2n) is 7.25. The van der Waals surface area contributed by atoms with Crippen LogP contribution in [0.25, 0.3) is 0 Å². The van der Waals surface area contributed by atoms with Gasteiger partial charge in [-0.25, -0.2) is 0 Å². The Kier molecular flexibility index (Phi) is 21.4. The molecule has 2 saturated heterocycles. The van der Waals surface area contributed by atoms with Crippen LogP contribution in [-0.4, -0.2) is 63.7 Å². The number of piperidine rings is 2. The average molecular weight is 356 g/mol. The van der Waals surface area contributed by atoms with Crippen LogP contribution in [0.2, 0.25) is 0 Å². The predicted molar refractivity (Wildman–Crippen MR) is 116 cm³/mol. The van der Waals surface area contributed by atoms with Crippen LogP contribution in [0.5, 0.6) is 0 Å². The molecule has 2 heterocycles. The van der Waals surface area contributed by atoms with Gasteiger partial charge in [0.2, 0.25) is 0 Å². The van der Waals surface area contributed by atoms with Crippen molar-refractivity contribution in [1.29, 1.82) is 0 Å². The molecular formula is C22H49N3. The highest BCUT2D eigenvalue weighted by atomic mass is 15.1. The standard InChI is InChI=1S/C9H19N.C8H18N2.C3H6.C2H6/c1-3-4-9-5-7-10(2)8-6-9;1-9-7-8-3-5-10(2)6-4-8;1-3-2;1-2/h9H,3-8H2,1-2H3;8-9H,3-7H2,1-2H3;3H,1H2,2H3;1-2H3. The zero-order chi connectivity index (χ0) is 19.5. The van der Waals surface area contributed by atoms with Crippen molar-refractivity contribution in [2.75, 3.05) is 53.9 Å². The van der Waals surface area contributed by atoms with Crippen molar-refractivity contribution in [3.05, 3.63) is 12.7 Å². The first-order chi connectivity index (χ1) is 12.1. The quantitative estimate of drug-likeness (QED) is 0.724. The normalized spacial score (nSPS) is 19.5. The van der Waals surface area contributed by atoms with Crippen LogP contribution in [0, 0.1) is 11.8 Å². The lowest BCUT2D eigenvalue weighted by atomic mass is 9.93. The first kappa shape index (κ1) is 26.8. The zero-order valence-corrected chi connectivity index (χ0v) is 18.6. The molecule has 0 aromatic rings. The molecule has 25 heavy (non-hydrogen) atoms. The number of hydrogen-bond donors (Lipinski definition) is 1. The van der Waals surface area contributed by atoms with Gasteiger partial charge in [-0.3, -0.25) is 0 Å². The molecule has 0 spiro atoms. The fourth-order valence-corrected chi connectivity index (χ4v) is 3.31. The molecule has 0 unspecified atom stereocenters. The third-order valence-corrected chi connectivity index (χ3v) is 4.87. The van der Waals surface area contributed by atoms with Gasteiger partial charge >= 0.3 is 0 Å². The summed E-state index contributed by atoms with van der Waals surface area (Å²) in [7, 11) is 6.47. The minimum Gasteiger partial charge on any atom is -0.319 e. The smallest absolute Gasteiger partial charge is 0.00187 e. The summed E-state index contributed by atoms with van der Waals surface area (Å²) < 4.78 is 0. The summed E-state index contributed by atoms with van der Waals surface area (Å²) in [5.74, 6) is 1.97. The molecule has 2 aliphatic rings. The minimum absolute atomic E-state index is 0.932. The molecule has 0 bridgehead atoms. The SMILES string of the molecule is C=CC.CC.CCCC1CCN(C)CC1.CNCC1CCN(C)CC1. The molecule has 1 N–H and O–H groups in total. The van der Waals surface area contributed by atoms with Crippen LogP contribution in [0.1, 0.15) is 66.2 Å². The van der Waals surface area contributed by atoms with Crippen molar-refractivity contribution in [3.63, 3.8) is 0 Å². The molecule has 0 aromatic carbocycles. The average Bonchev–Trinajstić information content (AvgIpc) is 2.62. The van der Waals surface area contributed by atoms with E-state index in [9.17, 15) is 0 Å². The van der Waals surface area contributed by atoms with E-state index in [1.165, 1.54) is 71.2 Å². The van der Waals surface area contributed by atoms with Crippen molar-refractivity contribution < 1.29 is 0 Å².